The Morgan fingerprint density at radius 3 is 2.72 bits per heavy atom. The Kier molecular flexibility index (Phi) is 4.69. The summed E-state index contributed by atoms with van der Waals surface area (Å²) < 4.78 is 2.43. The molecule has 1 aliphatic carbocycles. The van der Waals surface area contributed by atoms with Crippen LogP contribution in [0.2, 0.25) is 0 Å². The highest BCUT2D eigenvalue weighted by molar-refractivity contribution is 9.10. The Labute approximate surface area is 158 Å². The smallest absolute Gasteiger partial charge is 0.254 e. The van der Waals surface area contributed by atoms with Crippen molar-refractivity contribution in [2.75, 3.05) is 12.3 Å². The summed E-state index contributed by atoms with van der Waals surface area (Å²) in [7, 11) is 0. The normalized spacial score (nSPS) is 20.0. The van der Waals surface area contributed by atoms with Gasteiger partial charge in [-0.1, -0.05) is 28.1 Å². The predicted molar refractivity (Wildman–Crippen MR) is 102 cm³/mol. The zero-order chi connectivity index (χ0) is 17.4. The number of thioether (sulfide) groups is 1. The molecule has 5 nitrogen and oxygen atoms in total. The van der Waals surface area contributed by atoms with Gasteiger partial charge in [-0.25, -0.2) is 4.98 Å². The van der Waals surface area contributed by atoms with Gasteiger partial charge in [-0.05, 0) is 30.5 Å². The molecule has 1 amide bonds. The molecule has 2 fully saturated rings. The third-order valence-electron chi connectivity index (χ3n) is 4.57. The van der Waals surface area contributed by atoms with Gasteiger partial charge in [0.25, 0.3) is 5.56 Å². The number of nitrogens with zero attached hydrogens (tertiary/aromatic N) is 3. The fourth-order valence-corrected chi connectivity index (χ4v) is 4.57. The Hall–Kier alpha value is -1.60. The maximum Gasteiger partial charge on any atom is 0.254 e. The summed E-state index contributed by atoms with van der Waals surface area (Å²) >= 11 is 5.19. The van der Waals surface area contributed by atoms with Crippen LogP contribution in [0.25, 0.3) is 0 Å². The van der Waals surface area contributed by atoms with Crippen molar-refractivity contribution in [3.63, 3.8) is 0 Å². The molecular formula is C18H18BrN3O2S. The molecule has 1 aromatic carbocycles. The first-order chi connectivity index (χ1) is 12.1. The first kappa shape index (κ1) is 16.8. The third-order valence-corrected chi connectivity index (χ3v) is 6.36. The molecule has 25 heavy (non-hydrogen) atoms. The minimum absolute atomic E-state index is 0.00926. The van der Waals surface area contributed by atoms with E-state index in [0.717, 1.165) is 34.3 Å². The van der Waals surface area contributed by atoms with Gasteiger partial charge in [0, 0.05) is 28.8 Å². The second kappa shape index (κ2) is 6.96. The summed E-state index contributed by atoms with van der Waals surface area (Å²) in [4.78, 5) is 31.2. The molecule has 1 saturated heterocycles. The number of hydrogen-bond acceptors (Lipinski definition) is 4. The average molecular weight is 420 g/mol. The molecule has 0 N–H and O–H groups in total. The number of carbonyl (C=O) groups is 1. The third kappa shape index (κ3) is 3.67. The number of aromatic nitrogens is 2. The van der Waals surface area contributed by atoms with Crippen LogP contribution in [0.1, 0.15) is 35.4 Å². The monoisotopic (exact) mass is 419 g/mol. The Balaban J connectivity index is 1.50. The highest BCUT2D eigenvalue weighted by atomic mass is 79.9. The summed E-state index contributed by atoms with van der Waals surface area (Å²) in [5.74, 6) is 1.30. The second-order valence-electron chi connectivity index (χ2n) is 6.42. The van der Waals surface area contributed by atoms with Gasteiger partial charge >= 0.3 is 0 Å². The first-order valence-corrected chi connectivity index (χ1v) is 10.2. The quantitative estimate of drug-likeness (QED) is 0.763. The molecule has 0 spiro atoms. The molecule has 1 atom stereocenters. The highest BCUT2D eigenvalue weighted by Gasteiger charge is 2.31. The van der Waals surface area contributed by atoms with Gasteiger partial charge in [0.2, 0.25) is 5.91 Å². The van der Waals surface area contributed by atoms with Gasteiger partial charge in [0.1, 0.15) is 11.9 Å². The van der Waals surface area contributed by atoms with Crippen LogP contribution >= 0.6 is 27.7 Å². The molecule has 4 rings (SSSR count). The summed E-state index contributed by atoms with van der Waals surface area (Å²) in [6.45, 7) is 0.747. The minimum atomic E-state index is -0.141. The largest absolute Gasteiger partial charge is 0.324 e. The van der Waals surface area contributed by atoms with Crippen molar-refractivity contribution in [2.24, 2.45) is 0 Å². The molecule has 1 saturated carbocycles. The van der Waals surface area contributed by atoms with Gasteiger partial charge in [0.15, 0.2) is 0 Å². The van der Waals surface area contributed by atoms with E-state index < -0.39 is 0 Å². The number of rotatable bonds is 4. The van der Waals surface area contributed by atoms with Crippen LogP contribution in [-0.2, 0) is 11.3 Å². The lowest BCUT2D eigenvalue weighted by molar-refractivity contribution is -0.132. The molecule has 0 bridgehead atoms. The standard InChI is InChI=1S/C18H18BrN3O2S/c19-14-5-3-13(4-6-14)18-22(7-8-25-18)17(24)10-21-11-20-15(9-16(21)23)12-1-2-12/h3-6,9,11-12,18H,1-2,7-8,10H2. The predicted octanol–water partition coefficient (Wildman–Crippen LogP) is 3.16. The van der Waals surface area contributed by atoms with Gasteiger partial charge < -0.3 is 4.90 Å². The van der Waals surface area contributed by atoms with E-state index in [-0.39, 0.29) is 23.4 Å². The number of amides is 1. The Bertz CT molecular complexity index is 848. The molecule has 1 aliphatic heterocycles. The summed E-state index contributed by atoms with van der Waals surface area (Å²) in [6.07, 6.45) is 3.73. The van der Waals surface area contributed by atoms with Crippen molar-refractivity contribution in [3.8, 4) is 0 Å². The van der Waals surface area contributed by atoms with E-state index in [4.69, 9.17) is 0 Å². The fourth-order valence-electron chi connectivity index (χ4n) is 3.03. The Morgan fingerprint density at radius 1 is 1.28 bits per heavy atom. The van der Waals surface area contributed by atoms with Crippen LogP contribution in [0.3, 0.4) is 0 Å². The van der Waals surface area contributed by atoms with E-state index in [1.165, 1.54) is 10.9 Å². The maximum absolute atomic E-state index is 12.8. The lowest BCUT2D eigenvalue weighted by atomic mass is 10.2. The van der Waals surface area contributed by atoms with Crippen molar-refractivity contribution in [3.05, 3.63) is 62.7 Å². The van der Waals surface area contributed by atoms with E-state index in [0.29, 0.717) is 12.5 Å². The molecule has 2 aliphatic rings. The van der Waals surface area contributed by atoms with E-state index >= 15 is 0 Å². The Morgan fingerprint density at radius 2 is 2.04 bits per heavy atom. The van der Waals surface area contributed by atoms with E-state index in [1.807, 2.05) is 29.2 Å². The summed E-state index contributed by atoms with van der Waals surface area (Å²) in [6, 6.07) is 9.62. The zero-order valence-corrected chi connectivity index (χ0v) is 16.0. The van der Waals surface area contributed by atoms with Crippen LogP contribution in [0.4, 0.5) is 0 Å². The molecule has 0 radical (unpaired) electrons. The number of halogens is 1. The number of hydrogen-bond donors (Lipinski definition) is 0. The van der Waals surface area contributed by atoms with Crippen LogP contribution in [0, 0.1) is 0 Å². The van der Waals surface area contributed by atoms with Crippen molar-refractivity contribution in [1.82, 2.24) is 14.5 Å². The number of benzene rings is 1. The number of carbonyl (C=O) groups excluding carboxylic acids is 1. The zero-order valence-electron chi connectivity index (χ0n) is 13.6. The maximum atomic E-state index is 12.8. The molecule has 2 heterocycles. The minimum Gasteiger partial charge on any atom is -0.324 e. The van der Waals surface area contributed by atoms with Crippen LogP contribution in [0.5, 0.6) is 0 Å². The van der Waals surface area contributed by atoms with Gasteiger partial charge in [-0.3, -0.25) is 14.2 Å². The molecule has 1 aromatic heterocycles. The van der Waals surface area contributed by atoms with Crippen molar-refractivity contribution < 1.29 is 4.79 Å². The van der Waals surface area contributed by atoms with E-state index in [1.54, 1.807) is 17.8 Å². The first-order valence-electron chi connectivity index (χ1n) is 8.35. The molecule has 1 unspecified atom stereocenters. The molecule has 2 aromatic rings. The van der Waals surface area contributed by atoms with Gasteiger partial charge in [-0.15, -0.1) is 11.8 Å². The van der Waals surface area contributed by atoms with Crippen LogP contribution in [0.15, 0.2) is 45.9 Å². The second-order valence-corrected chi connectivity index (χ2v) is 8.52. The molecule has 130 valence electrons. The molecular weight excluding hydrogens is 402 g/mol. The highest BCUT2D eigenvalue weighted by Crippen LogP contribution is 2.39. The lowest BCUT2D eigenvalue weighted by Gasteiger charge is -2.24. The van der Waals surface area contributed by atoms with Crippen molar-refractivity contribution >= 4 is 33.6 Å². The molecule has 7 heteroatoms. The van der Waals surface area contributed by atoms with Gasteiger partial charge in [-0.2, -0.15) is 0 Å². The average Bonchev–Trinajstić information content (AvgIpc) is 3.34. The SMILES string of the molecule is O=C(Cn1cnc(C2CC2)cc1=O)N1CCSC1c1ccc(Br)cc1. The lowest BCUT2D eigenvalue weighted by Crippen LogP contribution is -2.36. The van der Waals surface area contributed by atoms with Crippen LogP contribution < -0.4 is 5.56 Å². The van der Waals surface area contributed by atoms with Crippen molar-refractivity contribution in [1.29, 1.82) is 0 Å². The fraction of sp³-hybridized carbons (Fsp3) is 0.389. The van der Waals surface area contributed by atoms with E-state index in [9.17, 15) is 9.59 Å². The summed E-state index contributed by atoms with van der Waals surface area (Å²) in [5, 5.41) is 0.00926. The van der Waals surface area contributed by atoms with Crippen molar-refractivity contribution in [2.45, 2.75) is 30.7 Å². The van der Waals surface area contributed by atoms with Gasteiger partial charge in [0.05, 0.1) is 12.0 Å². The van der Waals surface area contributed by atoms with E-state index in [2.05, 4.69) is 20.9 Å². The summed E-state index contributed by atoms with van der Waals surface area (Å²) in [5.41, 5.74) is 1.82. The van der Waals surface area contributed by atoms with Crippen LogP contribution in [-0.4, -0.2) is 32.7 Å². The topological polar surface area (TPSA) is 55.2 Å².